The van der Waals surface area contributed by atoms with E-state index in [2.05, 4.69) is 5.16 Å². The fourth-order valence-electron chi connectivity index (χ4n) is 3.32. The van der Waals surface area contributed by atoms with Crippen LogP contribution in [0.4, 0.5) is 5.69 Å². The first-order valence-electron chi connectivity index (χ1n) is 8.31. The number of hydrogen-bond donors (Lipinski definition) is 1. The molecule has 5 nitrogen and oxygen atoms in total. The highest BCUT2D eigenvalue weighted by Gasteiger charge is 2.28. The van der Waals surface area contributed by atoms with Gasteiger partial charge in [-0.1, -0.05) is 41.6 Å². The summed E-state index contributed by atoms with van der Waals surface area (Å²) in [5.74, 6) is 0.507. The van der Waals surface area contributed by atoms with Gasteiger partial charge < -0.3 is 15.2 Å². The van der Waals surface area contributed by atoms with Crippen LogP contribution < -0.4 is 5.73 Å². The number of nitrogens with two attached hydrogens (primary N) is 1. The third-order valence-electron chi connectivity index (χ3n) is 4.65. The molecule has 4 rings (SSSR count). The summed E-state index contributed by atoms with van der Waals surface area (Å²) >= 11 is 0. The van der Waals surface area contributed by atoms with E-state index in [1.54, 1.807) is 6.92 Å². The average Bonchev–Trinajstić information content (AvgIpc) is 3.03. The van der Waals surface area contributed by atoms with Gasteiger partial charge in [0.15, 0.2) is 0 Å². The van der Waals surface area contributed by atoms with Gasteiger partial charge in [-0.25, -0.2) is 0 Å². The summed E-state index contributed by atoms with van der Waals surface area (Å²) in [7, 11) is 0. The number of nitrogens with zero attached hydrogens (tertiary/aromatic N) is 2. The second kappa shape index (κ2) is 6.09. The number of aryl methyl sites for hydroxylation is 1. The SMILES string of the molecule is Cc1onc(-c2ccccc2)c1C(=O)N1CCc2cc(N)ccc2C1. The van der Waals surface area contributed by atoms with Crippen LogP contribution in [0.15, 0.2) is 53.1 Å². The zero-order valence-electron chi connectivity index (χ0n) is 14.0. The minimum absolute atomic E-state index is 0.0416. The molecule has 0 bridgehead atoms. The van der Waals surface area contributed by atoms with E-state index in [0.29, 0.717) is 30.1 Å². The van der Waals surface area contributed by atoms with Gasteiger partial charge in [-0.3, -0.25) is 4.79 Å². The van der Waals surface area contributed by atoms with Gasteiger partial charge >= 0.3 is 0 Å². The molecule has 5 heteroatoms. The van der Waals surface area contributed by atoms with Crippen LogP contribution in [0.2, 0.25) is 0 Å². The molecule has 126 valence electrons. The maximum Gasteiger partial charge on any atom is 0.260 e. The van der Waals surface area contributed by atoms with Crippen molar-refractivity contribution in [1.29, 1.82) is 0 Å². The summed E-state index contributed by atoms with van der Waals surface area (Å²) in [6, 6.07) is 15.5. The molecule has 2 N–H and O–H groups in total. The van der Waals surface area contributed by atoms with Crippen molar-refractivity contribution in [2.75, 3.05) is 12.3 Å². The Bertz CT molecular complexity index is 931. The number of benzene rings is 2. The monoisotopic (exact) mass is 333 g/mol. The van der Waals surface area contributed by atoms with Crippen molar-refractivity contribution >= 4 is 11.6 Å². The Balaban J connectivity index is 1.66. The highest BCUT2D eigenvalue weighted by Crippen LogP contribution is 2.29. The number of aromatic nitrogens is 1. The van der Waals surface area contributed by atoms with E-state index >= 15 is 0 Å². The van der Waals surface area contributed by atoms with Gasteiger partial charge in [-0.15, -0.1) is 0 Å². The van der Waals surface area contributed by atoms with Crippen molar-refractivity contribution in [1.82, 2.24) is 10.1 Å². The van der Waals surface area contributed by atoms with E-state index in [9.17, 15) is 4.79 Å². The Kier molecular flexibility index (Phi) is 3.76. The average molecular weight is 333 g/mol. The normalized spacial score (nSPS) is 13.6. The summed E-state index contributed by atoms with van der Waals surface area (Å²) in [6.07, 6.45) is 0.803. The molecule has 2 heterocycles. The fraction of sp³-hybridized carbons (Fsp3) is 0.200. The largest absolute Gasteiger partial charge is 0.399 e. The van der Waals surface area contributed by atoms with Gasteiger partial charge in [0, 0.05) is 24.3 Å². The maximum atomic E-state index is 13.2. The van der Waals surface area contributed by atoms with E-state index in [4.69, 9.17) is 10.3 Å². The third-order valence-corrected chi connectivity index (χ3v) is 4.65. The highest BCUT2D eigenvalue weighted by molar-refractivity contribution is 6.00. The van der Waals surface area contributed by atoms with Crippen LogP contribution in [0, 0.1) is 6.92 Å². The zero-order valence-corrected chi connectivity index (χ0v) is 14.0. The molecule has 0 atom stereocenters. The van der Waals surface area contributed by atoms with Crippen molar-refractivity contribution in [2.24, 2.45) is 0 Å². The number of fused-ring (bicyclic) bond motifs is 1. The zero-order chi connectivity index (χ0) is 17.4. The van der Waals surface area contributed by atoms with E-state index in [1.165, 1.54) is 5.56 Å². The summed E-state index contributed by atoms with van der Waals surface area (Å²) in [5.41, 5.74) is 11.0. The number of amides is 1. The molecule has 25 heavy (non-hydrogen) atoms. The highest BCUT2D eigenvalue weighted by atomic mass is 16.5. The van der Waals surface area contributed by atoms with Crippen molar-refractivity contribution in [2.45, 2.75) is 19.9 Å². The first kappa shape index (κ1) is 15.4. The topological polar surface area (TPSA) is 72.4 Å². The van der Waals surface area contributed by atoms with Crippen LogP contribution in [0.25, 0.3) is 11.3 Å². The standard InChI is InChI=1S/C20H19N3O2/c1-13-18(19(22-25-13)14-5-3-2-4-6-14)20(24)23-10-9-15-11-17(21)8-7-16(15)12-23/h2-8,11H,9-10,12,21H2,1H3. The van der Waals surface area contributed by atoms with E-state index in [1.807, 2.05) is 53.4 Å². The third kappa shape index (κ3) is 2.78. The van der Waals surface area contributed by atoms with Crippen LogP contribution in [0.1, 0.15) is 27.2 Å². The number of hydrogen-bond acceptors (Lipinski definition) is 4. The van der Waals surface area contributed by atoms with Crippen LogP contribution in [0.3, 0.4) is 0 Å². The molecule has 2 aromatic carbocycles. The predicted molar refractivity (Wildman–Crippen MR) is 96.0 cm³/mol. The van der Waals surface area contributed by atoms with Crippen molar-refractivity contribution < 1.29 is 9.32 Å². The summed E-state index contributed by atoms with van der Waals surface area (Å²) in [4.78, 5) is 15.0. The number of nitrogen functional groups attached to an aromatic ring is 1. The first-order valence-corrected chi connectivity index (χ1v) is 8.31. The Hall–Kier alpha value is -3.08. The maximum absolute atomic E-state index is 13.2. The molecular formula is C20H19N3O2. The number of rotatable bonds is 2. The van der Waals surface area contributed by atoms with Gasteiger partial charge in [-0.05, 0) is 36.6 Å². The molecule has 0 unspecified atom stereocenters. The molecule has 0 spiro atoms. The van der Waals surface area contributed by atoms with Crippen LogP contribution in [0.5, 0.6) is 0 Å². The molecule has 1 aliphatic rings. The van der Waals surface area contributed by atoms with Gasteiger partial charge in [0.1, 0.15) is 17.0 Å². The molecule has 0 radical (unpaired) electrons. The van der Waals surface area contributed by atoms with Gasteiger partial charge in [-0.2, -0.15) is 0 Å². The Morgan fingerprint density at radius 2 is 1.96 bits per heavy atom. The van der Waals surface area contributed by atoms with Crippen molar-refractivity contribution in [3.63, 3.8) is 0 Å². The lowest BCUT2D eigenvalue weighted by molar-refractivity contribution is 0.0733. The summed E-state index contributed by atoms with van der Waals surface area (Å²) in [5, 5.41) is 4.12. The van der Waals surface area contributed by atoms with Gasteiger partial charge in [0.25, 0.3) is 5.91 Å². The second-order valence-corrected chi connectivity index (χ2v) is 6.33. The van der Waals surface area contributed by atoms with Crippen LogP contribution in [-0.2, 0) is 13.0 Å². The molecule has 1 aromatic heterocycles. The number of anilines is 1. The van der Waals surface area contributed by atoms with Crippen LogP contribution >= 0.6 is 0 Å². The second-order valence-electron chi connectivity index (χ2n) is 6.33. The molecule has 0 saturated heterocycles. The van der Waals surface area contributed by atoms with Crippen molar-refractivity contribution in [3.05, 3.63) is 71.0 Å². The first-order chi connectivity index (χ1) is 12.1. The van der Waals surface area contributed by atoms with E-state index in [0.717, 1.165) is 23.2 Å². The smallest absolute Gasteiger partial charge is 0.260 e. The molecule has 0 saturated carbocycles. The van der Waals surface area contributed by atoms with Crippen LogP contribution in [-0.4, -0.2) is 22.5 Å². The molecule has 1 aliphatic heterocycles. The Labute approximate surface area is 146 Å². The molecular weight excluding hydrogens is 314 g/mol. The van der Waals surface area contributed by atoms with Crippen molar-refractivity contribution in [3.8, 4) is 11.3 Å². The Morgan fingerprint density at radius 1 is 1.16 bits per heavy atom. The number of carbonyl (C=O) groups excluding carboxylic acids is 1. The summed E-state index contributed by atoms with van der Waals surface area (Å²) < 4.78 is 5.33. The minimum atomic E-state index is -0.0416. The molecule has 0 aliphatic carbocycles. The number of carbonyl (C=O) groups is 1. The van der Waals surface area contributed by atoms with E-state index in [-0.39, 0.29) is 5.91 Å². The Morgan fingerprint density at radius 3 is 2.76 bits per heavy atom. The fourth-order valence-corrected chi connectivity index (χ4v) is 3.32. The minimum Gasteiger partial charge on any atom is -0.399 e. The predicted octanol–water partition coefficient (Wildman–Crippen LogP) is 3.43. The van der Waals surface area contributed by atoms with E-state index < -0.39 is 0 Å². The lowest BCUT2D eigenvalue weighted by atomic mass is 9.97. The van der Waals surface area contributed by atoms with Gasteiger partial charge in [0.2, 0.25) is 0 Å². The molecule has 3 aromatic rings. The molecule has 1 amide bonds. The van der Waals surface area contributed by atoms with Gasteiger partial charge in [0.05, 0.1) is 0 Å². The lowest BCUT2D eigenvalue weighted by Crippen LogP contribution is -2.36. The molecule has 0 fully saturated rings. The lowest BCUT2D eigenvalue weighted by Gasteiger charge is -2.29. The quantitative estimate of drug-likeness (QED) is 0.729. The summed E-state index contributed by atoms with van der Waals surface area (Å²) in [6.45, 7) is 3.02.